The lowest BCUT2D eigenvalue weighted by molar-refractivity contribution is -0.126. The van der Waals surface area contributed by atoms with Crippen LogP contribution in [0.5, 0.6) is 5.75 Å². The highest BCUT2D eigenvalue weighted by Crippen LogP contribution is 2.38. The predicted molar refractivity (Wildman–Crippen MR) is 77.6 cm³/mol. The average Bonchev–Trinajstić information content (AvgIpc) is 2.52. The number of hydrogen-bond donors (Lipinski definition) is 1. The van der Waals surface area contributed by atoms with Gasteiger partial charge in [0.2, 0.25) is 5.91 Å². The normalized spacial score (nSPS) is 21.1. The summed E-state index contributed by atoms with van der Waals surface area (Å²) in [5.41, 5.74) is 7.47. The maximum Gasteiger partial charge on any atom is 0.247 e. The van der Waals surface area contributed by atoms with Crippen molar-refractivity contribution in [2.24, 2.45) is 5.73 Å². The lowest BCUT2D eigenvalue weighted by atomic mass is 9.88. The fourth-order valence-corrected chi connectivity index (χ4v) is 2.58. The minimum Gasteiger partial charge on any atom is -0.497 e. The molecule has 1 fully saturated rings. The molecule has 2 aromatic carbocycles. The number of anilines is 1. The minimum absolute atomic E-state index is 0.172. The molecule has 0 aliphatic carbocycles. The van der Waals surface area contributed by atoms with Gasteiger partial charge in [-0.15, -0.1) is 0 Å². The van der Waals surface area contributed by atoms with Crippen LogP contribution in [0.2, 0.25) is 0 Å². The Kier molecular flexibility index (Phi) is 3.35. The third kappa shape index (κ3) is 2.25. The number of nitrogens with two attached hydrogens (primary N) is 1. The van der Waals surface area contributed by atoms with Gasteiger partial charge < -0.3 is 15.4 Å². The molecule has 3 rings (SSSR count). The number of hydrogen-bond acceptors (Lipinski definition) is 3. The highest BCUT2D eigenvalue weighted by atomic mass is 19.1. The Morgan fingerprint density at radius 1 is 1.19 bits per heavy atom. The van der Waals surface area contributed by atoms with Crippen molar-refractivity contribution in [2.75, 3.05) is 12.0 Å². The molecule has 0 spiro atoms. The Hall–Kier alpha value is -2.40. The van der Waals surface area contributed by atoms with Crippen molar-refractivity contribution >= 4 is 11.6 Å². The Morgan fingerprint density at radius 3 is 2.57 bits per heavy atom. The predicted octanol–water partition coefficient (Wildman–Crippen LogP) is 2.25. The molecule has 2 N–H and O–H groups in total. The topological polar surface area (TPSA) is 55.6 Å². The van der Waals surface area contributed by atoms with Gasteiger partial charge in [-0.05, 0) is 42.0 Å². The molecule has 4 nitrogen and oxygen atoms in total. The molecule has 1 aliphatic rings. The van der Waals surface area contributed by atoms with E-state index in [0.717, 1.165) is 5.56 Å². The molecule has 21 heavy (non-hydrogen) atoms. The van der Waals surface area contributed by atoms with Crippen molar-refractivity contribution in [3.05, 3.63) is 59.9 Å². The number of β-lactam (4-membered cyclic amide) rings is 1. The molecule has 2 atom stereocenters. The summed E-state index contributed by atoms with van der Waals surface area (Å²) < 4.78 is 18.2. The number of rotatable bonds is 3. The lowest BCUT2D eigenvalue weighted by Gasteiger charge is -2.45. The number of amides is 1. The van der Waals surface area contributed by atoms with Gasteiger partial charge in [-0.3, -0.25) is 4.79 Å². The molecule has 1 saturated heterocycles. The first-order valence-electron chi connectivity index (χ1n) is 6.60. The van der Waals surface area contributed by atoms with E-state index in [9.17, 15) is 9.18 Å². The summed E-state index contributed by atoms with van der Waals surface area (Å²) >= 11 is 0. The zero-order chi connectivity index (χ0) is 15.0. The zero-order valence-corrected chi connectivity index (χ0v) is 11.5. The molecular formula is C16H15FN2O2. The Morgan fingerprint density at radius 2 is 1.90 bits per heavy atom. The largest absolute Gasteiger partial charge is 0.497 e. The molecule has 0 bridgehead atoms. The van der Waals surface area contributed by atoms with Crippen molar-refractivity contribution in [3.8, 4) is 5.75 Å². The van der Waals surface area contributed by atoms with E-state index in [1.54, 1.807) is 24.1 Å². The van der Waals surface area contributed by atoms with Crippen LogP contribution >= 0.6 is 0 Å². The highest BCUT2D eigenvalue weighted by Gasteiger charge is 2.46. The Labute approximate surface area is 121 Å². The molecule has 1 heterocycles. The number of benzene rings is 2. The molecule has 2 aromatic rings. The lowest BCUT2D eigenvalue weighted by Crippen LogP contribution is -2.63. The number of halogens is 1. The van der Waals surface area contributed by atoms with Gasteiger partial charge in [0.25, 0.3) is 0 Å². The molecule has 0 unspecified atom stereocenters. The third-order valence-corrected chi connectivity index (χ3v) is 3.68. The van der Waals surface area contributed by atoms with Crippen LogP contribution in [0.15, 0.2) is 48.5 Å². The summed E-state index contributed by atoms with van der Waals surface area (Å²) in [6.07, 6.45) is 0. The van der Waals surface area contributed by atoms with Crippen molar-refractivity contribution < 1.29 is 13.9 Å². The van der Waals surface area contributed by atoms with Crippen molar-refractivity contribution in [3.63, 3.8) is 0 Å². The van der Waals surface area contributed by atoms with Gasteiger partial charge in [0.1, 0.15) is 17.6 Å². The fraction of sp³-hybridized carbons (Fsp3) is 0.188. The molecular weight excluding hydrogens is 271 g/mol. The van der Waals surface area contributed by atoms with Crippen LogP contribution in [0.4, 0.5) is 10.1 Å². The number of carbonyl (C=O) groups excluding carboxylic acids is 1. The van der Waals surface area contributed by atoms with E-state index in [4.69, 9.17) is 10.5 Å². The van der Waals surface area contributed by atoms with Gasteiger partial charge >= 0.3 is 0 Å². The van der Waals surface area contributed by atoms with E-state index in [1.807, 2.05) is 24.3 Å². The van der Waals surface area contributed by atoms with Crippen LogP contribution in [-0.2, 0) is 4.79 Å². The van der Waals surface area contributed by atoms with Crippen molar-refractivity contribution in [1.29, 1.82) is 0 Å². The molecule has 5 heteroatoms. The summed E-state index contributed by atoms with van der Waals surface area (Å²) in [7, 11) is 1.59. The zero-order valence-electron chi connectivity index (χ0n) is 11.5. The van der Waals surface area contributed by atoms with E-state index < -0.39 is 6.04 Å². The van der Waals surface area contributed by atoms with Gasteiger partial charge in [0.05, 0.1) is 13.2 Å². The Bertz CT molecular complexity index is 672. The fourth-order valence-electron chi connectivity index (χ4n) is 2.58. The van der Waals surface area contributed by atoms with Gasteiger partial charge in [-0.25, -0.2) is 4.39 Å². The monoisotopic (exact) mass is 286 g/mol. The first-order chi connectivity index (χ1) is 10.1. The van der Waals surface area contributed by atoms with Crippen LogP contribution in [0.3, 0.4) is 0 Å². The molecule has 1 amide bonds. The summed E-state index contributed by atoms with van der Waals surface area (Å²) in [6.45, 7) is 0. The number of nitrogens with zero attached hydrogens (tertiary/aromatic N) is 1. The van der Waals surface area contributed by atoms with Crippen LogP contribution in [0, 0.1) is 5.82 Å². The molecule has 0 radical (unpaired) electrons. The standard InChI is InChI=1S/C16H15FN2O2/c1-21-13-4-2-3-10(9-13)15-14(18)16(20)19(15)12-7-5-11(17)6-8-12/h2-9,14-15H,18H2,1H3/t14-,15-/m1/s1. The van der Waals surface area contributed by atoms with Crippen LogP contribution in [0.1, 0.15) is 11.6 Å². The second kappa shape index (κ2) is 5.18. The van der Waals surface area contributed by atoms with Gasteiger partial charge in [-0.1, -0.05) is 12.1 Å². The summed E-state index contributed by atoms with van der Waals surface area (Å²) in [5, 5.41) is 0. The van der Waals surface area contributed by atoms with E-state index in [0.29, 0.717) is 11.4 Å². The molecule has 1 aliphatic heterocycles. The first-order valence-corrected chi connectivity index (χ1v) is 6.60. The summed E-state index contributed by atoms with van der Waals surface area (Å²) in [5.74, 6) is 0.196. The third-order valence-electron chi connectivity index (χ3n) is 3.68. The number of ether oxygens (including phenoxy) is 1. The van der Waals surface area contributed by atoms with Crippen LogP contribution in [0.25, 0.3) is 0 Å². The maximum absolute atomic E-state index is 13.0. The second-order valence-corrected chi connectivity index (χ2v) is 4.93. The van der Waals surface area contributed by atoms with Crippen LogP contribution < -0.4 is 15.4 Å². The average molecular weight is 286 g/mol. The quantitative estimate of drug-likeness (QED) is 0.880. The number of carbonyl (C=O) groups is 1. The van der Waals surface area contributed by atoms with Gasteiger partial charge in [-0.2, -0.15) is 0 Å². The maximum atomic E-state index is 13.0. The van der Waals surface area contributed by atoms with Gasteiger partial charge in [0.15, 0.2) is 0 Å². The summed E-state index contributed by atoms with van der Waals surface area (Å²) in [6, 6.07) is 12.4. The van der Waals surface area contributed by atoms with E-state index in [1.165, 1.54) is 12.1 Å². The van der Waals surface area contributed by atoms with E-state index >= 15 is 0 Å². The SMILES string of the molecule is COc1cccc([C@@H]2[C@@H](N)C(=O)N2c2ccc(F)cc2)c1. The highest BCUT2D eigenvalue weighted by molar-refractivity contribution is 6.05. The molecule has 0 saturated carbocycles. The first kappa shape index (κ1) is 13.6. The second-order valence-electron chi connectivity index (χ2n) is 4.93. The number of methoxy groups -OCH3 is 1. The minimum atomic E-state index is -0.595. The smallest absolute Gasteiger partial charge is 0.247 e. The van der Waals surface area contributed by atoms with E-state index in [2.05, 4.69) is 0 Å². The summed E-state index contributed by atoms with van der Waals surface area (Å²) in [4.78, 5) is 13.6. The molecule has 0 aromatic heterocycles. The van der Waals surface area contributed by atoms with E-state index in [-0.39, 0.29) is 17.8 Å². The molecule has 108 valence electrons. The van der Waals surface area contributed by atoms with Crippen LogP contribution in [-0.4, -0.2) is 19.1 Å². The Balaban J connectivity index is 1.96. The van der Waals surface area contributed by atoms with Gasteiger partial charge in [0, 0.05) is 5.69 Å². The van der Waals surface area contributed by atoms with Crippen molar-refractivity contribution in [2.45, 2.75) is 12.1 Å². The van der Waals surface area contributed by atoms with Crippen molar-refractivity contribution in [1.82, 2.24) is 0 Å².